The monoisotopic (exact) mass is 417 g/mol. The predicted molar refractivity (Wildman–Crippen MR) is 110 cm³/mol. The lowest BCUT2D eigenvalue weighted by Gasteiger charge is -2.10. The molecule has 1 heterocycles. The van der Waals surface area contributed by atoms with E-state index in [9.17, 15) is 12.8 Å². The summed E-state index contributed by atoms with van der Waals surface area (Å²) >= 11 is 0. The second kappa shape index (κ2) is 8.75. The van der Waals surface area contributed by atoms with Crippen LogP contribution in [0.3, 0.4) is 0 Å². The molecule has 0 radical (unpaired) electrons. The SMILES string of the molecule is CCOc1ccc(S(=O)(=O)NCCn2nc(C)c(-c3ccccc3)c2C)cc1F. The Morgan fingerprint density at radius 2 is 1.86 bits per heavy atom. The molecule has 8 heteroatoms. The van der Waals surface area contributed by atoms with Crippen LogP contribution in [-0.4, -0.2) is 31.3 Å². The maximum atomic E-state index is 14.0. The molecule has 0 aliphatic rings. The molecular weight excluding hydrogens is 393 g/mol. The van der Waals surface area contributed by atoms with Gasteiger partial charge in [0.05, 0.1) is 23.7 Å². The van der Waals surface area contributed by atoms with Crippen molar-refractivity contribution >= 4 is 10.0 Å². The Balaban J connectivity index is 1.71. The first-order chi connectivity index (χ1) is 13.8. The number of aryl methyl sites for hydroxylation is 1. The van der Waals surface area contributed by atoms with E-state index in [1.54, 1.807) is 11.6 Å². The average Bonchev–Trinajstić information content (AvgIpc) is 2.97. The third-order valence-corrected chi connectivity index (χ3v) is 6.03. The van der Waals surface area contributed by atoms with Crippen LogP contribution in [0.15, 0.2) is 53.4 Å². The van der Waals surface area contributed by atoms with E-state index in [4.69, 9.17) is 4.74 Å². The summed E-state index contributed by atoms with van der Waals surface area (Å²) in [5.41, 5.74) is 3.95. The van der Waals surface area contributed by atoms with E-state index in [1.807, 2.05) is 44.2 Å². The van der Waals surface area contributed by atoms with Crippen molar-refractivity contribution in [3.63, 3.8) is 0 Å². The summed E-state index contributed by atoms with van der Waals surface area (Å²) in [5, 5.41) is 4.53. The highest BCUT2D eigenvalue weighted by Crippen LogP contribution is 2.26. The van der Waals surface area contributed by atoms with Crippen molar-refractivity contribution in [3.05, 3.63) is 65.7 Å². The number of benzene rings is 2. The van der Waals surface area contributed by atoms with Crippen molar-refractivity contribution in [1.29, 1.82) is 0 Å². The average molecular weight is 418 g/mol. The third-order valence-electron chi connectivity index (χ3n) is 4.57. The first kappa shape index (κ1) is 21.0. The van der Waals surface area contributed by atoms with E-state index in [1.165, 1.54) is 12.1 Å². The standard InChI is InChI=1S/C21H24FN3O3S/c1-4-28-20-11-10-18(14-19(20)22)29(26,27)23-12-13-25-16(3)21(15(2)24-25)17-8-6-5-7-9-17/h5-11,14,23H,4,12-13H2,1-3H3. The molecule has 3 aromatic rings. The van der Waals surface area contributed by atoms with Crippen LogP contribution in [0.25, 0.3) is 11.1 Å². The molecule has 3 rings (SSSR count). The quantitative estimate of drug-likeness (QED) is 0.607. The van der Waals surface area contributed by atoms with Gasteiger partial charge in [-0.05, 0) is 44.5 Å². The highest BCUT2D eigenvalue weighted by atomic mass is 32.2. The third kappa shape index (κ3) is 4.65. The maximum Gasteiger partial charge on any atom is 0.240 e. The highest BCUT2D eigenvalue weighted by molar-refractivity contribution is 7.89. The van der Waals surface area contributed by atoms with Gasteiger partial charge in [-0.2, -0.15) is 5.10 Å². The largest absolute Gasteiger partial charge is 0.491 e. The zero-order valence-electron chi connectivity index (χ0n) is 16.6. The second-order valence-corrected chi connectivity index (χ2v) is 8.32. The van der Waals surface area contributed by atoms with E-state index in [-0.39, 0.29) is 17.2 Å². The summed E-state index contributed by atoms with van der Waals surface area (Å²) in [6.07, 6.45) is 0. The van der Waals surface area contributed by atoms with Crippen LogP contribution in [0.5, 0.6) is 5.75 Å². The summed E-state index contributed by atoms with van der Waals surface area (Å²) in [6.45, 7) is 6.41. The van der Waals surface area contributed by atoms with Crippen molar-refractivity contribution in [3.8, 4) is 16.9 Å². The summed E-state index contributed by atoms with van der Waals surface area (Å²) in [4.78, 5) is -0.142. The summed E-state index contributed by atoms with van der Waals surface area (Å²) < 4.78 is 48.3. The van der Waals surface area contributed by atoms with Crippen molar-refractivity contribution in [2.45, 2.75) is 32.2 Å². The van der Waals surface area contributed by atoms with E-state index in [2.05, 4.69) is 9.82 Å². The fraction of sp³-hybridized carbons (Fsp3) is 0.286. The van der Waals surface area contributed by atoms with Gasteiger partial charge in [0.2, 0.25) is 10.0 Å². The number of nitrogens with zero attached hydrogens (tertiary/aromatic N) is 2. The van der Waals surface area contributed by atoms with Gasteiger partial charge in [-0.1, -0.05) is 30.3 Å². The molecule has 2 aromatic carbocycles. The van der Waals surface area contributed by atoms with Crippen LogP contribution < -0.4 is 9.46 Å². The minimum atomic E-state index is -3.84. The van der Waals surface area contributed by atoms with Gasteiger partial charge >= 0.3 is 0 Å². The van der Waals surface area contributed by atoms with Gasteiger partial charge in [0.15, 0.2) is 11.6 Å². The van der Waals surface area contributed by atoms with Gasteiger partial charge in [0.25, 0.3) is 0 Å². The van der Waals surface area contributed by atoms with Crippen molar-refractivity contribution in [2.24, 2.45) is 0 Å². The van der Waals surface area contributed by atoms with Gasteiger partial charge in [0, 0.05) is 17.8 Å². The van der Waals surface area contributed by atoms with Crippen molar-refractivity contribution in [1.82, 2.24) is 14.5 Å². The lowest BCUT2D eigenvalue weighted by atomic mass is 10.0. The Labute approximate surface area is 170 Å². The Morgan fingerprint density at radius 3 is 2.52 bits per heavy atom. The van der Waals surface area contributed by atoms with Gasteiger partial charge in [-0.15, -0.1) is 0 Å². The zero-order chi connectivity index (χ0) is 21.0. The van der Waals surface area contributed by atoms with Crippen molar-refractivity contribution in [2.75, 3.05) is 13.2 Å². The number of rotatable bonds is 8. The van der Waals surface area contributed by atoms with E-state index >= 15 is 0 Å². The van der Waals surface area contributed by atoms with Gasteiger partial charge in [0.1, 0.15) is 0 Å². The van der Waals surface area contributed by atoms with Crippen LogP contribution in [-0.2, 0) is 16.6 Å². The van der Waals surface area contributed by atoms with Crippen LogP contribution in [0.4, 0.5) is 4.39 Å². The van der Waals surface area contributed by atoms with E-state index in [0.29, 0.717) is 13.2 Å². The van der Waals surface area contributed by atoms with Crippen LogP contribution in [0, 0.1) is 19.7 Å². The first-order valence-electron chi connectivity index (χ1n) is 9.35. The number of hydrogen-bond acceptors (Lipinski definition) is 4. The topological polar surface area (TPSA) is 73.2 Å². The lowest BCUT2D eigenvalue weighted by molar-refractivity contribution is 0.321. The maximum absolute atomic E-state index is 14.0. The molecular formula is C21H24FN3O3S. The Kier molecular flexibility index (Phi) is 6.34. The number of ether oxygens (including phenoxy) is 1. The lowest BCUT2D eigenvalue weighted by Crippen LogP contribution is -2.28. The zero-order valence-corrected chi connectivity index (χ0v) is 17.5. The Morgan fingerprint density at radius 1 is 1.14 bits per heavy atom. The minimum absolute atomic E-state index is 0.0301. The highest BCUT2D eigenvalue weighted by Gasteiger charge is 2.18. The molecule has 1 aromatic heterocycles. The molecule has 154 valence electrons. The van der Waals surface area contributed by atoms with Crippen molar-refractivity contribution < 1.29 is 17.5 Å². The van der Waals surface area contributed by atoms with Gasteiger partial charge in [-0.25, -0.2) is 17.5 Å². The van der Waals surface area contributed by atoms with Crippen LogP contribution in [0.1, 0.15) is 18.3 Å². The molecule has 0 aliphatic carbocycles. The molecule has 0 spiro atoms. The molecule has 6 nitrogen and oxygen atoms in total. The van der Waals surface area contributed by atoms with Crippen LogP contribution in [0.2, 0.25) is 0 Å². The molecule has 0 saturated carbocycles. The second-order valence-electron chi connectivity index (χ2n) is 6.56. The smallest absolute Gasteiger partial charge is 0.240 e. The molecule has 0 bridgehead atoms. The first-order valence-corrected chi connectivity index (χ1v) is 10.8. The molecule has 0 amide bonds. The van der Waals surface area contributed by atoms with Crippen LogP contribution >= 0.6 is 0 Å². The fourth-order valence-electron chi connectivity index (χ4n) is 3.23. The summed E-state index contributed by atoms with van der Waals surface area (Å²) in [5.74, 6) is -0.677. The fourth-order valence-corrected chi connectivity index (χ4v) is 4.26. The molecule has 29 heavy (non-hydrogen) atoms. The minimum Gasteiger partial charge on any atom is -0.491 e. The van der Waals surface area contributed by atoms with Gasteiger partial charge < -0.3 is 4.74 Å². The summed E-state index contributed by atoms with van der Waals surface area (Å²) in [7, 11) is -3.84. The molecule has 0 saturated heterocycles. The normalized spacial score (nSPS) is 11.6. The summed E-state index contributed by atoms with van der Waals surface area (Å²) in [6, 6.07) is 13.5. The molecule has 0 aliphatic heterocycles. The van der Waals surface area contributed by atoms with E-state index in [0.717, 1.165) is 28.6 Å². The van der Waals surface area contributed by atoms with E-state index < -0.39 is 15.8 Å². The number of halogens is 1. The Bertz CT molecular complexity index is 1100. The predicted octanol–water partition coefficient (Wildman–Crippen LogP) is 3.68. The number of hydrogen-bond donors (Lipinski definition) is 1. The molecule has 0 atom stereocenters. The Hall–Kier alpha value is -2.71. The van der Waals surface area contributed by atoms with Gasteiger partial charge in [-0.3, -0.25) is 4.68 Å². The molecule has 0 unspecified atom stereocenters. The molecule has 1 N–H and O–H groups in total. The number of aromatic nitrogens is 2. The number of nitrogens with one attached hydrogen (secondary N) is 1. The number of sulfonamides is 1. The molecule has 0 fully saturated rings.